The van der Waals surface area contributed by atoms with Crippen LogP contribution < -0.4 is 5.73 Å². The average Bonchev–Trinajstić information content (AvgIpc) is 2.66. The van der Waals surface area contributed by atoms with E-state index in [4.69, 9.17) is 15.5 Å². The Bertz CT molecular complexity index is 479. The molecule has 0 amide bonds. The normalized spacial score (nSPS) is 32.1. The minimum absolute atomic E-state index is 0.184. The van der Waals surface area contributed by atoms with E-state index in [1.807, 2.05) is 6.07 Å². The number of nitrogens with zero attached hydrogens (tertiary/aromatic N) is 1. The molecule has 2 unspecified atom stereocenters. The van der Waals surface area contributed by atoms with Crippen LogP contribution in [-0.2, 0) is 10.3 Å². The first-order valence-corrected chi connectivity index (χ1v) is 7.24. The van der Waals surface area contributed by atoms with Gasteiger partial charge in [0.15, 0.2) is 5.17 Å². The zero-order valence-electron chi connectivity index (χ0n) is 9.23. The van der Waals surface area contributed by atoms with E-state index in [0.29, 0.717) is 10.4 Å². The van der Waals surface area contributed by atoms with Gasteiger partial charge >= 0.3 is 0 Å². The maximum atomic E-state index is 5.90. The molecule has 2 N–H and O–H groups in total. The fourth-order valence-corrected chi connectivity index (χ4v) is 4.07. The van der Waals surface area contributed by atoms with E-state index in [0.717, 1.165) is 24.1 Å². The highest BCUT2D eigenvalue weighted by Gasteiger charge is 2.47. The van der Waals surface area contributed by atoms with Crippen molar-refractivity contribution in [1.29, 1.82) is 0 Å². The molecule has 0 aliphatic carbocycles. The Hall–Kier alpha value is -0.520. The first-order chi connectivity index (χ1) is 8.21. The highest BCUT2D eigenvalue weighted by Crippen LogP contribution is 2.47. The number of rotatable bonds is 1. The van der Waals surface area contributed by atoms with E-state index in [1.165, 1.54) is 5.56 Å². The summed E-state index contributed by atoms with van der Waals surface area (Å²) in [5.41, 5.74) is 6.95. The van der Waals surface area contributed by atoms with Crippen molar-refractivity contribution in [2.24, 2.45) is 10.7 Å². The summed E-state index contributed by atoms with van der Waals surface area (Å²) >= 11 is 5.16. The lowest BCUT2D eigenvalue weighted by molar-refractivity contribution is 0.0611. The monoisotopic (exact) mass is 312 g/mol. The smallest absolute Gasteiger partial charge is 0.155 e. The molecular weight excluding hydrogens is 300 g/mol. The number of halogens is 1. The largest absolute Gasteiger partial charge is 0.380 e. The minimum atomic E-state index is -0.184. The van der Waals surface area contributed by atoms with Gasteiger partial charge in [-0.05, 0) is 17.7 Å². The Morgan fingerprint density at radius 3 is 3.24 bits per heavy atom. The minimum Gasteiger partial charge on any atom is -0.380 e. The summed E-state index contributed by atoms with van der Waals surface area (Å²) in [6.07, 6.45) is 0.905. The highest BCUT2D eigenvalue weighted by atomic mass is 79.9. The summed E-state index contributed by atoms with van der Waals surface area (Å²) in [4.78, 5) is 4.71. The van der Waals surface area contributed by atoms with E-state index in [2.05, 4.69) is 34.1 Å². The first kappa shape index (κ1) is 11.6. The molecule has 0 aromatic heterocycles. The SMILES string of the molecule is NC1=NC2(c3cccc(Br)c3)CCOCC2S1. The van der Waals surface area contributed by atoms with Crippen molar-refractivity contribution in [3.05, 3.63) is 34.3 Å². The van der Waals surface area contributed by atoms with Gasteiger partial charge in [-0.15, -0.1) is 0 Å². The molecule has 2 aliphatic rings. The molecule has 90 valence electrons. The van der Waals surface area contributed by atoms with Crippen molar-refractivity contribution < 1.29 is 4.74 Å². The highest BCUT2D eigenvalue weighted by molar-refractivity contribution is 9.10. The van der Waals surface area contributed by atoms with Crippen molar-refractivity contribution in [3.63, 3.8) is 0 Å². The van der Waals surface area contributed by atoms with Gasteiger partial charge in [0.05, 0.1) is 11.9 Å². The Morgan fingerprint density at radius 2 is 2.41 bits per heavy atom. The second kappa shape index (κ2) is 4.30. The third kappa shape index (κ3) is 1.90. The van der Waals surface area contributed by atoms with Crippen LogP contribution in [0.25, 0.3) is 0 Å². The van der Waals surface area contributed by atoms with Crippen LogP contribution in [0.3, 0.4) is 0 Å². The molecular formula is C12H13BrN2OS. The second-order valence-electron chi connectivity index (χ2n) is 4.32. The number of benzene rings is 1. The Labute approximate surface area is 113 Å². The first-order valence-electron chi connectivity index (χ1n) is 5.56. The van der Waals surface area contributed by atoms with E-state index in [1.54, 1.807) is 11.8 Å². The summed E-state index contributed by atoms with van der Waals surface area (Å²) in [5, 5.41) is 0.992. The molecule has 2 atom stereocenters. The van der Waals surface area contributed by atoms with E-state index in [9.17, 15) is 0 Å². The number of ether oxygens (including phenoxy) is 1. The molecule has 17 heavy (non-hydrogen) atoms. The van der Waals surface area contributed by atoms with Crippen LogP contribution in [0.5, 0.6) is 0 Å². The molecule has 3 rings (SSSR count). The average molecular weight is 313 g/mol. The topological polar surface area (TPSA) is 47.6 Å². The third-order valence-corrected chi connectivity index (χ3v) is 4.96. The van der Waals surface area contributed by atoms with Crippen molar-refractivity contribution in [3.8, 4) is 0 Å². The zero-order valence-corrected chi connectivity index (χ0v) is 11.6. The van der Waals surface area contributed by atoms with Crippen LogP contribution in [0.4, 0.5) is 0 Å². The number of thioether (sulfide) groups is 1. The van der Waals surface area contributed by atoms with Crippen LogP contribution in [0.15, 0.2) is 33.7 Å². The summed E-state index contributed by atoms with van der Waals surface area (Å²) in [5.74, 6) is 0. The summed E-state index contributed by atoms with van der Waals surface area (Å²) in [6, 6.07) is 8.35. The lowest BCUT2D eigenvalue weighted by Gasteiger charge is -2.36. The summed E-state index contributed by atoms with van der Waals surface area (Å²) in [6.45, 7) is 1.47. The molecule has 1 aromatic rings. The molecule has 1 fully saturated rings. The van der Waals surface area contributed by atoms with Gasteiger partial charge in [0.2, 0.25) is 0 Å². The molecule has 3 nitrogen and oxygen atoms in total. The summed E-state index contributed by atoms with van der Waals surface area (Å²) < 4.78 is 6.63. The van der Waals surface area contributed by atoms with Crippen molar-refractivity contribution in [2.75, 3.05) is 13.2 Å². The molecule has 1 saturated heterocycles. The maximum Gasteiger partial charge on any atom is 0.155 e. The fraction of sp³-hybridized carbons (Fsp3) is 0.417. The van der Waals surface area contributed by atoms with Gasteiger partial charge in [-0.25, -0.2) is 4.99 Å². The number of fused-ring (bicyclic) bond motifs is 1. The number of nitrogens with two attached hydrogens (primary N) is 1. The molecule has 2 aliphatic heterocycles. The van der Waals surface area contributed by atoms with Gasteiger partial charge < -0.3 is 10.5 Å². The Balaban J connectivity index is 2.08. The van der Waals surface area contributed by atoms with Crippen LogP contribution >= 0.6 is 27.7 Å². The number of hydrogen-bond donors (Lipinski definition) is 1. The zero-order chi connectivity index (χ0) is 11.9. The lowest BCUT2D eigenvalue weighted by atomic mass is 9.83. The second-order valence-corrected chi connectivity index (χ2v) is 6.45. The number of amidine groups is 1. The predicted molar refractivity (Wildman–Crippen MR) is 74.3 cm³/mol. The molecule has 2 heterocycles. The Kier molecular flexibility index (Phi) is 2.92. The van der Waals surface area contributed by atoms with Crippen molar-refractivity contribution >= 4 is 32.9 Å². The lowest BCUT2D eigenvalue weighted by Crippen LogP contribution is -2.41. The standard InChI is InChI=1S/C12H13BrN2OS/c13-9-3-1-2-8(6-9)12-4-5-16-7-10(12)17-11(14)15-12/h1-3,6,10H,4-5,7H2,(H2,14,15). The Morgan fingerprint density at radius 1 is 1.53 bits per heavy atom. The fourth-order valence-electron chi connectivity index (χ4n) is 2.50. The number of aliphatic imine (C=N–C) groups is 1. The molecule has 0 saturated carbocycles. The van der Waals surface area contributed by atoms with Gasteiger partial charge in [0, 0.05) is 17.5 Å². The van der Waals surface area contributed by atoms with Gasteiger partial charge in [-0.3, -0.25) is 0 Å². The molecule has 5 heteroatoms. The van der Waals surface area contributed by atoms with E-state index >= 15 is 0 Å². The van der Waals surface area contributed by atoms with Crippen molar-refractivity contribution in [1.82, 2.24) is 0 Å². The van der Waals surface area contributed by atoms with Gasteiger partial charge in [0.25, 0.3) is 0 Å². The molecule has 0 radical (unpaired) electrons. The van der Waals surface area contributed by atoms with Crippen molar-refractivity contribution in [2.45, 2.75) is 17.2 Å². The predicted octanol–water partition coefficient (Wildman–Crippen LogP) is 2.49. The van der Waals surface area contributed by atoms with Gasteiger partial charge in [-0.1, -0.05) is 39.8 Å². The van der Waals surface area contributed by atoms with Crippen LogP contribution in [0.2, 0.25) is 0 Å². The quantitative estimate of drug-likeness (QED) is 0.866. The number of hydrogen-bond acceptors (Lipinski definition) is 4. The third-order valence-electron chi connectivity index (χ3n) is 3.33. The molecule has 1 aromatic carbocycles. The van der Waals surface area contributed by atoms with Gasteiger partial charge in [-0.2, -0.15) is 0 Å². The van der Waals surface area contributed by atoms with Crippen LogP contribution in [-0.4, -0.2) is 23.6 Å². The van der Waals surface area contributed by atoms with Crippen LogP contribution in [0, 0.1) is 0 Å². The van der Waals surface area contributed by atoms with Crippen LogP contribution in [0.1, 0.15) is 12.0 Å². The van der Waals surface area contributed by atoms with Gasteiger partial charge in [0.1, 0.15) is 5.54 Å². The molecule has 0 spiro atoms. The molecule has 0 bridgehead atoms. The maximum absolute atomic E-state index is 5.90. The summed E-state index contributed by atoms with van der Waals surface area (Å²) in [7, 11) is 0. The van der Waals surface area contributed by atoms with E-state index < -0.39 is 0 Å². The van der Waals surface area contributed by atoms with E-state index in [-0.39, 0.29) is 5.54 Å².